The Labute approximate surface area is 69.4 Å². The second-order valence-electron chi connectivity index (χ2n) is 3.27. The summed E-state index contributed by atoms with van der Waals surface area (Å²) >= 11 is 0. The van der Waals surface area contributed by atoms with Crippen LogP contribution in [0.15, 0.2) is 24.3 Å². The van der Waals surface area contributed by atoms with Crippen molar-refractivity contribution in [2.45, 2.75) is 33.3 Å². The first-order valence-corrected chi connectivity index (χ1v) is 4.03. The number of allylic oxidation sites excluding steroid dienone is 3. The number of hydrogen-bond acceptors (Lipinski definition) is 1. The molecule has 0 aromatic heterocycles. The molecule has 0 aliphatic heterocycles. The molecule has 0 saturated carbocycles. The monoisotopic (exact) mass is 154 g/mol. The molecule has 0 rings (SSSR count). The van der Waals surface area contributed by atoms with Crippen LogP contribution in [0.5, 0.6) is 0 Å². The van der Waals surface area contributed by atoms with Gasteiger partial charge in [-0.2, -0.15) is 0 Å². The number of aliphatic hydroxyl groups is 1. The first-order valence-electron chi connectivity index (χ1n) is 4.03. The molecule has 0 saturated heterocycles. The first-order chi connectivity index (χ1) is 5.00. The summed E-state index contributed by atoms with van der Waals surface area (Å²) in [7, 11) is 0. The Bertz CT molecular complexity index is 152. The van der Waals surface area contributed by atoms with Gasteiger partial charge in [-0.25, -0.2) is 0 Å². The van der Waals surface area contributed by atoms with Crippen LogP contribution < -0.4 is 0 Å². The van der Waals surface area contributed by atoms with E-state index in [1.807, 2.05) is 52.0 Å². The van der Waals surface area contributed by atoms with Gasteiger partial charge in [-0.05, 0) is 19.8 Å². The Morgan fingerprint density at radius 1 is 1.27 bits per heavy atom. The maximum absolute atomic E-state index is 9.70. The van der Waals surface area contributed by atoms with Gasteiger partial charge in [0.2, 0.25) is 0 Å². The van der Waals surface area contributed by atoms with E-state index in [2.05, 4.69) is 0 Å². The molecule has 1 heteroatoms. The molecule has 0 aromatic carbocycles. The highest BCUT2D eigenvalue weighted by molar-refractivity contribution is 5.08. The summed E-state index contributed by atoms with van der Waals surface area (Å²) in [6, 6.07) is 0. The Morgan fingerprint density at radius 3 is 2.18 bits per heavy atom. The second-order valence-corrected chi connectivity index (χ2v) is 3.27. The van der Waals surface area contributed by atoms with Gasteiger partial charge in [0, 0.05) is 0 Å². The molecule has 0 fully saturated rings. The van der Waals surface area contributed by atoms with Crippen molar-refractivity contribution in [2.24, 2.45) is 5.92 Å². The Balaban J connectivity index is 4.11. The van der Waals surface area contributed by atoms with Gasteiger partial charge in [0.25, 0.3) is 0 Å². The van der Waals surface area contributed by atoms with Gasteiger partial charge in [-0.3, -0.25) is 0 Å². The molecule has 1 atom stereocenters. The summed E-state index contributed by atoms with van der Waals surface area (Å²) in [4.78, 5) is 0. The lowest BCUT2D eigenvalue weighted by Crippen LogP contribution is -2.27. The fraction of sp³-hybridized carbons (Fsp3) is 0.600. The highest BCUT2D eigenvalue weighted by Crippen LogP contribution is 2.17. The third kappa shape index (κ3) is 3.99. The van der Waals surface area contributed by atoms with Crippen LogP contribution in [-0.4, -0.2) is 10.7 Å². The van der Waals surface area contributed by atoms with Gasteiger partial charge in [0.05, 0.1) is 5.60 Å². The Morgan fingerprint density at radius 2 is 1.82 bits per heavy atom. The fourth-order valence-corrected chi connectivity index (χ4v) is 0.554. The van der Waals surface area contributed by atoms with Crippen LogP contribution in [0.1, 0.15) is 27.7 Å². The minimum atomic E-state index is -0.681. The van der Waals surface area contributed by atoms with Gasteiger partial charge in [0.15, 0.2) is 0 Å². The topological polar surface area (TPSA) is 20.2 Å². The minimum absolute atomic E-state index is 0.254. The molecule has 0 amide bonds. The van der Waals surface area contributed by atoms with E-state index in [1.165, 1.54) is 0 Å². The maximum atomic E-state index is 9.70. The third-order valence-electron chi connectivity index (χ3n) is 1.91. The van der Waals surface area contributed by atoms with Gasteiger partial charge in [-0.1, -0.05) is 38.2 Å². The van der Waals surface area contributed by atoms with E-state index in [0.717, 1.165) is 0 Å². The van der Waals surface area contributed by atoms with Crippen molar-refractivity contribution in [3.63, 3.8) is 0 Å². The van der Waals surface area contributed by atoms with E-state index in [9.17, 15) is 5.11 Å². The molecule has 0 aliphatic carbocycles. The predicted octanol–water partition coefficient (Wildman–Crippen LogP) is 2.53. The van der Waals surface area contributed by atoms with Crippen LogP contribution in [0.3, 0.4) is 0 Å². The summed E-state index contributed by atoms with van der Waals surface area (Å²) in [5.41, 5.74) is -0.681. The first kappa shape index (κ1) is 10.4. The summed E-state index contributed by atoms with van der Waals surface area (Å²) in [6.07, 6.45) is 7.54. The van der Waals surface area contributed by atoms with Gasteiger partial charge in [0.1, 0.15) is 0 Å². The Hall–Kier alpha value is -0.560. The van der Waals surface area contributed by atoms with Crippen LogP contribution in [0.25, 0.3) is 0 Å². The van der Waals surface area contributed by atoms with Gasteiger partial charge < -0.3 is 5.11 Å². The molecule has 11 heavy (non-hydrogen) atoms. The van der Waals surface area contributed by atoms with Crippen LogP contribution in [0, 0.1) is 5.92 Å². The molecule has 1 N–H and O–H groups in total. The van der Waals surface area contributed by atoms with Crippen LogP contribution >= 0.6 is 0 Å². The zero-order chi connectivity index (χ0) is 8.91. The molecule has 0 heterocycles. The van der Waals surface area contributed by atoms with Gasteiger partial charge in [-0.15, -0.1) is 0 Å². The van der Waals surface area contributed by atoms with E-state index in [0.29, 0.717) is 0 Å². The third-order valence-corrected chi connectivity index (χ3v) is 1.91. The largest absolute Gasteiger partial charge is 0.386 e. The molecule has 0 aliphatic rings. The molecular weight excluding hydrogens is 136 g/mol. The molecule has 0 radical (unpaired) electrons. The summed E-state index contributed by atoms with van der Waals surface area (Å²) in [6.45, 7) is 7.77. The van der Waals surface area contributed by atoms with E-state index in [4.69, 9.17) is 0 Å². The van der Waals surface area contributed by atoms with Crippen molar-refractivity contribution in [1.29, 1.82) is 0 Å². The number of rotatable bonds is 3. The maximum Gasteiger partial charge on any atom is 0.0825 e. The molecule has 0 aromatic rings. The Kier molecular flexibility index (Phi) is 4.12. The van der Waals surface area contributed by atoms with Crippen LogP contribution in [0.2, 0.25) is 0 Å². The van der Waals surface area contributed by atoms with Crippen molar-refractivity contribution in [1.82, 2.24) is 0 Å². The van der Waals surface area contributed by atoms with Crippen LogP contribution in [-0.2, 0) is 0 Å². The molecular formula is C10H18O. The molecule has 1 nitrogen and oxygen atoms in total. The lowest BCUT2D eigenvalue weighted by atomic mass is 9.92. The standard InChI is InChI=1S/C10H18O/c1-5-6-7-8-10(4,11)9(2)3/h5-9,11H,1-4H3/b6-5+,8-7+. The average Bonchev–Trinajstić information content (AvgIpc) is 1.88. The second kappa shape index (κ2) is 4.35. The normalized spacial score (nSPS) is 18.4. The lowest BCUT2D eigenvalue weighted by molar-refractivity contribution is 0.0626. The lowest BCUT2D eigenvalue weighted by Gasteiger charge is -2.23. The van der Waals surface area contributed by atoms with Crippen LogP contribution in [0.4, 0.5) is 0 Å². The van der Waals surface area contributed by atoms with E-state index in [-0.39, 0.29) is 5.92 Å². The van der Waals surface area contributed by atoms with E-state index < -0.39 is 5.60 Å². The van der Waals surface area contributed by atoms with E-state index in [1.54, 1.807) is 0 Å². The van der Waals surface area contributed by atoms with Crippen molar-refractivity contribution < 1.29 is 5.11 Å². The molecule has 0 bridgehead atoms. The summed E-state index contributed by atoms with van der Waals surface area (Å²) in [5, 5.41) is 9.70. The van der Waals surface area contributed by atoms with Crippen molar-refractivity contribution in [3.8, 4) is 0 Å². The average molecular weight is 154 g/mol. The van der Waals surface area contributed by atoms with Crippen molar-refractivity contribution >= 4 is 0 Å². The smallest absolute Gasteiger partial charge is 0.0825 e. The van der Waals surface area contributed by atoms with Gasteiger partial charge >= 0.3 is 0 Å². The quantitative estimate of drug-likeness (QED) is 0.619. The minimum Gasteiger partial charge on any atom is -0.386 e. The zero-order valence-electron chi connectivity index (χ0n) is 7.83. The summed E-state index contributed by atoms with van der Waals surface area (Å²) < 4.78 is 0. The molecule has 0 spiro atoms. The van der Waals surface area contributed by atoms with Crippen molar-refractivity contribution in [2.75, 3.05) is 0 Å². The van der Waals surface area contributed by atoms with E-state index >= 15 is 0 Å². The highest BCUT2D eigenvalue weighted by atomic mass is 16.3. The fourth-order valence-electron chi connectivity index (χ4n) is 0.554. The predicted molar refractivity (Wildman–Crippen MR) is 49.4 cm³/mol. The number of hydrogen-bond donors (Lipinski definition) is 1. The summed E-state index contributed by atoms with van der Waals surface area (Å²) in [5.74, 6) is 0.254. The van der Waals surface area contributed by atoms with Crippen molar-refractivity contribution in [3.05, 3.63) is 24.3 Å². The molecule has 1 unspecified atom stereocenters. The SMILES string of the molecule is C/C=C/C=C/C(C)(O)C(C)C. The highest BCUT2D eigenvalue weighted by Gasteiger charge is 2.19. The molecule has 64 valence electrons. The zero-order valence-corrected chi connectivity index (χ0v) is 7.83.